The van der Waals surface area contributed by atoms with Crippen molar-refractivity contribution in [3.8, 4) is 17.2 Å². The van der Waals surface area contributed by atoms with E-state index < -0.39 is 167 Å². The molecule has 564 valence electrons. The number of aliphatic hydroxyl groups is 3. The zero-order chi connectivity index (χ0) is 76.3. The van der Waals surface area contributed by atoms with E-state index in [1.807, 2.05) is 6.07 Å². The first-order valence-corrected chi connectivity index (χ1v) is 37.4. The number of unbranched alkanes of at least 4 members (excludes halogenated alkanes) is 1. The van der Waals surface area contributed by atoms with E-state index in [0.717, 1.165) is 21.6 Å². The second-order valence-electron chi connectivity index (χ2n) is 26.4. The Bertz CT molecular complexity index is 4230. The normalized spacial score (nSPS) is 20.7. The van der Waals surface area contributed by atoms with Gasteiger partial charge in [-0.15, -0.1) is 0 Å². The van der Waals surface area contributed by atoms with Crippen molar-refractivity contribution in [2.24, 2.45) is 11.7 Å². The van der Waals surface area contributed by atoms with Gasteiger partial charge in [0.2, 0.25) is 53.0 Å². The van der Waals surface area contributed by atoms with Gasteiger partial charge in [0.25, 0.3) is 0 Å². The zero-order valence-electron chi connectivity index (χ0n) is 58.6. The number of phenols is 2. The maximum Gasteiger partial charge on any atom is 0.306 e. The number of benzene rings is 5. The lowest BCUT2D eigenvalue weighted by Gasteiger charge is -2.29. The van der Waals surface area contributed by atoms with Gasteiger partial charge in [-0.2, -0.15) is 0 Å². The second kappa shape index (κ2) is 37.7. The number of fused-ring (bicyclic) bond motifs is 4. The molecule has 6 aromatic rings. The van der Waals surface area contributed by atoms with E-state index >= 15 is 9.59 Å². The summed E-state index contributed by atoms with van der Waals surface area (Å²) >= 11 is 0. The number of aromatic hydroxyl groups is 2. The van der Waals surface area contributed by atoms with E-state index in [0.29, 0.717) is 40.4 Å². The molecule has 1 aromatic heterocycles. The molecule has 1 fully saturated rings. The molecule has 0 saturated carbocycles. The molecule has 2 aliphatic carbocycles. The number of carbonyl (C=O) groups is 12. The molecule has 0 spiro atoms. The highest BCUT2D eigenvalue weighted by molar-refractivity contribution is 8.76. The lowest BCUT2D eigenvalue weighted by Crippen LogP contribution is -2.62. The third kappa shape index (κ3) is 20.2. The topological polar surface area (TPSA) is 462 Å². The molecule has 29 nitrogen and oxygen atoms in total. The van der Waals surface area contributed by atoms with Crippen LogP contribution in [0.4, 0.5) is 0 Å². The summed E-state index contributed by atoms with van der Waals surface area (Å²) in [6.45, 7) is 1.33. The van der Waals surface area contributed by atoms with Crippen LogP contribution in [0.1, 0.15) is 118 Å². The quantitative estimate of drug-likeness (QED) is 0.0159. The molecular formula is C75H88N10O19S2. The van der Waals surface area contributed by atoms with Crippen molar-refractivity contribution in [3.63, 3.8) is 0 Å². The Morgan fingerprint density at radius 3 is 1.99 bits per heavy atom. The van der Waals surface area contributed by atoms with Crippen LogP contribution in [0.5, 0.6) is 17.2 Å². The number of rotatable bonds is 26. The molecule has 0 bridgehead atoms. The number of para-hydroxylation sites is 1. The van der Waals surface area contributed by atoms with Gasteiger partial charge in [-0.25, -0.2) is 0 Å². The molecule has 5 aromatic carbocycles. The Kier molecular flexibility index (Phi) is 28.4. The number of nitrogens with one attached hydrogen (secondary N) is 9. The molecule has 3 aliphatic rings. The predicted octanol–water partition coefficient (Wildman–Crippen LogP) is 1.64. The number of phenolic OH excluding ortho intramolecular Hbond substituents is 2. The van der Waals surface area contributed by atoms with Crippen LogP contribution in [0, 0.1) is 5.92 Å². The number of ketones is 3. The standard InChI is InChI=1S/C75H88N10O19S2/c1-39(87)54(35-86)82-74(101)56-38-106-105-37-55(73(100)80-52(31-42-18-8-5-9-19-42)71(98)81-53(33-44-34-77-49-22-11-10-20-45(44)49)72(99)79-50(23-12-13-29-76)69(96)85-64(40(2)88)75(102)84-56)83-70(97)51(30-41-16-6-4-7-17-41)78-59(90)25-15-26-60(91)104-36-57(89)43-27-28-46-48(32-43)67(94)62-63(65(46)92)68(95)61-47(66(62)93)21-14-24-58(61)103-3/h4-11,14,16-22,24,34,39-40,43,50-56,64,77,86-88,92,94H,12-13,15,23,25-33,35-38,76H2,1-3H3,(H,78,90)(H,79,99)(H,80,100)(H,81,98)(H,82,101)(H,83,97)(H,84,102)(H,85,96)/t39-,40-,43?,50+,51-,52+,53-,54-,55?,56+,64+/m1/s1. The summed E-state index contributed by atoms with van der Waals surface area (Å²) in [6.07, 6.45) is -1.89. The van der Waals surface area contributed by atoms with Gasteiger partial charge >= 0.3 is 5.97 Å². The van der Waals surface area contributed by atoms with E-state index in [9.17, 15) is 73.5 Å². The monoisotopic (exact) mass is 1500 g/mol. The van der Waals surface area contributed by atoms with Crippen molar-refractivity contribution in [1.29, 1.82) is 0 Å². The Morgan fingerprint density at radius 1 is 0.660 bits per heavy atom. The molecule has 1 saturated heterocycles. The number of methoxy groups -OCH3 is 1. The van der Waals surface area contributed by atoms with Gasteiger partial charge in [-0.05, 0) is 94.2 Å². The number of esters is 1. The van der Waals surface area contributed by atoms with Crippen molar-refractivity contribution >= 4 is 103 Å². The number of ether oxygens (including phenoxy) is 2. The first-order valence-electron chi connectivity index (χ1n) is 34.9. The Balaban J connectivity index is 0.939. The molecule has 2 unspecified atom stereocenters. The van der Waals surface area contributed by atoms with Crippen molar-refractivity contribution in [1.82, 2.24) is 47.5 Å². The number of hydrogen-bond acceptors (Lipinski definition) is 22. The summed E-state index contributed by atoms with van der Waals surface area (Å²) < 4.78 is 10.7. The third-order valence-corrected chi connectivity index (χ3v) is 21.2. The summed E-state index contributed by atoms with van der Waals surface area (Å²) in [5.41, 5.74) is 7.71. The van der Waals surface area contributed by atoms with Gasteiger partial charge in [0.05, 0.1) is 48.7 Å². The average molecular weight is 1500 g/mol. The number of aliphatic hydroxyl groups excluding tert-OH is 3. The van der Waals surface area contributed by atoms with Gasteiger partial charge in [-0.1, -0.05) is 113 Å². The van der Waals surface area contributed by atoms with E-state index in [1.54, 1.807) is 85.1 Å². The van der Waals surface area contributed by atoms with Crippen molar-refractivity contribution in [2.75, 3.05) is 38.4 Å². The summed E-state index contributed by atoms with van der Waals surface area (Å²) in [5.74, 6) is -12.4. The molecule has 1 aliphatic heterocycles. The van der Waals surface area contributed by atoms with Crippen molar-refractivity contribution in [3.05, 3.63) is 159 Å². The Morgan fingerprint density at radius 2 is 1.30 bits per heavy atom. The highest BCUT2D eigenvalue weighted by atomic mass is 33.1. The lowest BCUT2D eigenvalue weighted by atomic mass is 9.75. The summed E-state index contributed by atoms with van der Waals surface area (Å²) in [6, 6.07) is 16.8. The van der Waals surface area contributed by atoms with Gasteiger partial charge in [-0.3, -0.25) is 57.5 Å². The minimum atomic E-state index is -1.76. The fraction of sp³-hybridized carbons (Fsp3) is 0.413. The summed E-state index contributed by atoms with van der Waals surface area (Å²) in [4.78, 5) is 175. The number of H-pyrrole nitrogens is 1. The number of carbonyl (C=O) groups excluding carboxylic acids is 12. The molecule has 31 heteroatoms. The largest absolute Gasteiger partial charge is 0.507 e. The smallest absolute Gasteiger partial charge is 0.306 e. The molecule has 0 radical (unpaired) electrons. The number of amides is 8. The Labute approximate surface area is 618 Å². The van der Waals surface area contributed by atoms with Crippen molar-refractivity contribution in [2.45, 2.75) is 151 Å². The van der Waals surface area contributed by atoms with Gasteiger partial charge in [0, 0.05) is 83.3 Å². The maximum atomic E-state index is 15.2. The van der Waals surface area contributed by atoms with Crippen LogP contribution in [0.3, 0.4) is 0 Å². The summed E-state index contributed by atoms with van der Waals surface area (Å²) in [5, 5.41) is 76.6. The third-order valence-electron chi connectivity index (χ3n) is 18.8. The molecule has 106 heavy (non-hydrogen) atoms. The number of aromatic nitrogens is 1. The predicted molar refractivity (Wildman–Crippen MR) is 391 cm³/mol. The first kappa shape index (κ1) is 79.9. The minimum Gasteiger partial charge on any atom is -0.507 e. The van der Waals surface area contributed by atoms with Crippen LogP contribution < -0.4 is 53.0 Å². The lowest BCUT2D eigenvalue weighted by molar-refractivity contribution is -0.149. The SMILES string of the molecule is COc1cccc2c1C(=O)c1c(O)c3c(c(O)c1C2=O)CC(C(=O)COC(=O)CCCC(=O)N[C@H](Cc1ccccc1)C(=O)NC1CSSC[C@@H](C(=O)N[C@H](CO)[C@@H](C)O)NC(=O)[C@H]([C@@H](C)O)NC(=O)[C@H](CCCCN)NC(=O)[C@@H](Cc2c[nH]c4ccccc24)NC(=O)[C@H](Cc2ccccc2)NC1=O)CC3. The highest BCUT2D eigenvalue weighted by Gasteiger charge is 2.43. The van der Waals surface area contributed by atoms with E-state index in [2.05, 4.69) is 47.5 Å². The second-order valence-corrected chi connectivity index (χ2v) is 28.9. The summed E-state index contributed by atoms with van der Waals surface area (Å²) in [7, 11) is 3.18. The fourth-order valence-corrected chi connectivity index (χ4v) is 15.2. The number of hydrogen-bond donors (Lipinski definition) is 15. The van der Waals surface area contributed by atoms with E-state index in [-0.39, 0.29) is 116 Å². The molecular weight excluding hydrogens is 1410 g/mol. The van der Waals surface area contributed by atoms with Crippen LogP contribution >= 0.6 is 21.6 Å². The van der Waals surface area contributed by atoms with Crippen LogP contribution in [0.2, 0.25) is 0 Å². The van der Waals surface area contributed by atoms with Crippen LogP contribution in [-0.4, -0.2) is 200 Å². The van der Waals surface area contributed by atoms with Gasteiger partial charge < -0.3 is 88.3 Å². The molecule has 16 N–H and O–H groups in total. The van der Waals surface area contributed by atoms with Crippen LogP contribution in [-0.2, 0) is 84.8 Å². The van der Waals surface area contributed by atoms with Crippen molar-refractivity contribution < 1.29 is 92.5 Å². The van der Waals surface area contributed by atoms with Gasteiger partial charge in [0.15, 0.2) is 11.6 Å². The molecule has 11 atom stereocenters. The molecule has 2 heterocycles. The maximum absolute atomic E-state index is 15.2. The first-order chi connectivity index (χ1) is 50.9. The number of aromatic amines is 1. The zero-order valence-corrected chi connectivity index (χ0v) is 60.2. The minimum absolute atomic E-state index is 0.0285. The molecule has 9 rings (SSSR count). The molecule has 8 amide bonds. The van der Waals surface area contributed by atoms with Crippen LogP contribution in [0.15, 0.2) is 109 Å². The number of Topliss-reactive ketones (excluding diaryl/α,β-unsaturated/α-hetero) is 1. The number of nitrogens with two attached hydrogens (primary N) is 1. The highest BCUT2D eigenvalue weighted by Crippen LogP contribution is 2.47. The Hall–Kier alpha value is -10.2. The van der Waals surface area contributed by atoms with E-state index in [4.69, 9.17) is 15.2 Å². The van der Waals surface area contributed by atoms with E-state index in [1.165, 1.54) is 39.2 Å². The van der Waals surface area contributed by atoms with Crippen LogP contribution in [0.25, 0.3) is 10.9 Å². The van der Waals surface area contributed by atoms with Gasteiger partial charge in [0.1, 0.15) is 66.1 Å². The fourth-order valence-electron chi connectivity index (χ4n) is 12.9. The average Bonchev–Trinajstić information content (AvgIpc) is 0.786.